The van der Waals surface area contributed by atoms with Crippen LogP contribution in [0.4, 0.5) is 5.69 Å². The number of pyridine rings is 1. The van der Waals surface area contributed by atoms with Crippen molar-refractivity contribution in [3.8, 4) is 0 Å². The van der Waals surface area contributed by atoms with E-state index in [4.69, 9.17) is 10.1 Å². The minimum Gasteiger partial charge on any atom is -0.481 e. The normalized spacial score (nSPS) is 11.0. The molecular weight excluding hydrogens is 404 g/mol. The van der Waals surface area contributed by atoms with Crippen LogP contribution in [0.2, 0.25) is 0 Å². The van der Waals surface area contributed by atoms with Gasteiger partial charge in [0.1, 0.15) is 10.9 Å². The van der Waals surface area contributed by atoms with Crippen molar-refractivity contribution in [2.45, 2.75) is 49.1 Å². The lowest BCUT2D eigenvalue weighted by Crippen LogP contribution is -2.09. The van der Waals surface area contributed by atoms with E-state index in [1.165, 1.54) is 23.9 Å². The second-order valence-corrected chi connectivity index (χ2v) is 8.13. The molecule has 30 heavy (non-hydrogen) atoms. The molecule has 0 radical (unpaired) electrons. The van der Waals surface area contributed by atoms with Gasteiger partial charge in [0.05, 0.1) is 23.6 Å². The number of aryl methyl sites for hydroxylation is 1. The van der Waals surface area contributed by atoms with Gasteiger partial charge in [-0.3, -0.25) is 19.9 Å². The fraction of sp³-hybridized carbons (Fsp3) is 0.286. The zero-order valence-electron chi connectivity index (χ0n) is 16.7. The second kappa shape index (κ2) is 9.53. The van der Waals surface area contributed by atoms with Gasteiger partial charge in [0, 0.05) is 35.8 Å². The topological polar surface area (TPSA) is 111 Å². The fourth-order valence-corrected chi connectivity index (χ4v) is 4.22. The summed E-state index contributed by atoms with van der Waals surface area (Å²) in [6.45, 7) is 4.53. The van der Waals surface area contributed by atoms with Crippen molar-refractivity contribution in [2.24, 2.45) is 0 Å². The molecule has 0 saturated carbocycles. The molecule has 0 saturated heterocycles. The van der Waals surface area contributed by atoms with Gasteiger partial charge in [-0.15, -0.1) is 0 Å². The van der Waals surface area contributed by atoms with Gasteiger partial charge >= 0.3 is 5.97 Å². The molecule has 156 valence electrons. The summed E-state index contributed by atoms with van der Waals surface area (Å²) >= 11 is 1.40. The van der Waals surface area contributed by atoms with E-state index in [1.807, 2.05) is 36.6 Å². The zero-order valence-corrected chi connectivity index (χ0v) is 17.5. The number of carbonyl (C=O) groups is 1. The predicted molar refractivity (Wildman–Crippen MR) is 113 cm³/mol. The molecule has 9 heteroatoms. The maximum atomic E-state index is 11.2. The van der Waals surface area contributed by atoms with E-state index in [0.29, 0.717) is 18.8 Å². The Kier molecular flexibility index (Phi) is 6.83. The number of non-ortho nitro benzene ring substituents is 1. The number of rotatable bonds is 9. The van der Waals surface area contributed by atoms with Crippen molar-refractivity contribution in [1.29, 1.82) is 0 Å². The quantitative estimate of drug-likeness (QED) is 0.395. The summed E-state index contributed by atoms with van der Waals surface area (Å²) in [5.74, 6) is -0.104. The van der Waals surface area contributed by atoms with Gasteiger partial charge in [0.15, 0.2) is 0 Å². The van der Waals surface area contributed by atoms with Crippen molar-refractivity contribution in [3.63, 3.8) is 0 Å². The lowest BCUT2D eigenvalue weighted by molar-refractivity contribution is -0.385. The van der Waals surface area contributed by atoms with Gasteiger partial charge in [-0.2, -0.15) is 0 Å². The molecule has 1 aromatic carbocycles. The first kappa shape index (κ1) is 21.5. The fourth-order valence-electron chi connectivity index (χ4n) is 3.01. The number of imidazole rings is 1. The third-order valence-corrected chi connectivity index (χ3v) is 5.55. The van der Waals surface area contributed by atoms with Crippen LogP contribution in [0.25, 0.3) is 0 Å². The molecule has 8 nitrogen and oxygen atoms in total. The SMILES string of the molecule is CC(C)c1nc(CCC(=O)O)n(Cc2cccnc2)c1Sc1cccc([N+](=O)[O-])c1. The summed E-state index contributed by atoms with van der Waals surface area (Å²) in [5.41, 5.74) is 1.83. The number of hydrogen-bond donors (Lipinski definition) is 1. The molecule has 3 aromatic rings. The van der Waals surface area contributed by atoms with Crippen LogP contribution in [0.3, 0.4) is 0 Å². The Morgan fingerprint density at radius 2 is 2.10 bits per heavy atom. The maximum absolute atomic E-state index is 11.2. The average Bonchev–Trinajstić information content (AvgIpc) is 3.05. The lowest BCUT2D eigenvalue weighted by atomic mass is 10.1. The van der Waals surface area contributed by atoms with Gasteiger partial charge in [-0.05, 0) is 23.6 Å². The van der Waals surface area contributed by atoms with Crippen LogP contribution in [0.15, 0.2) is 58.7 Å². The molecule has 3 rings (SSSR count). The van der Waals surface area contributed by atoms with Crippen molar-refractivity contribution in [1.82, 2.24) is 14.5 Å². The maximum Gasteiger partial charge on any atom is 0.303 e. The van der Waals surface area contributed by atoms with Crippen molar-refractivity contribution in [3.05, 3.63) is 76.0 Å². The minimum absolute atomic E-state index is 0.0236. The summed E-state index contributed by atoms with van der Waals surface area (Å²) in [7, 11) is 0. The predicted octanol–water partition coefficient (Wildman–Crippen LogP) is 4.53. The number of hydrogen-bond acceptors (Lipinski definition) is 6. The summed E-state index contributed by atoms with van der Waals surface area (Å²) in [5, 5.41) is 21.2. The van der Waals surface area contributed by atoms with Crippen molar-refractivity contribution >= 4 is 23.4 Å². The Balaban J connectivity index is 2.06. The van der Waals surface area contributed by atoms with Gasteiger partial charge < -0.3 is 9.67 Å². The van der Waals surface area contributed by atoms with E-state index in [2.05, 4.69) is 4.98 Å². The van der Waals surface area contributed by atoms with E-state index >= 15 is 0 Å². The monoisotopic (exact) mass is 426 g/mol. The molecule has 0 atom stereocenters. The Morgan fingerprint density at radius 3 is 2.73 bits per heavy atom. The highest BCUT2D eigenvalue weighted by Gasteiger charge is 2.22. The van der Waals surface area contributed by atoms with Crippen molar-refractivity contribution < 1.29 is 14.8 Å². The van der Waals surface area contributed by atoms with Crippen LogP contribution in [0.5, 0.6) is 0 Å². The largest absolute Gasteiger partial charge is 0.481 e. The Bertz CT molecular complexity index is 1050. The number of aromatic nitrogens is 3. The number of benzene rings is 1. The summed E-state index contributed by atoms with van der Waals surface area (Å²) in [6, 6.07) is 10.3. The molecular formula is C21H22N4O4S. The third kappa shape index (κ3) is 5.24. The number of carboxylic acid groups (broad SMARTS) is 1. The first-order chi connectivity index (χ1) is 14.3. The number of aliphatic carboxylic acids is 1. The van der Waals surface area contributed by atoms with Crippen LogP contribution in [0.1, 0.15) is 43.3 Å². The Hall–Kier alpha value is -3.20. The highest BCUT2D eigenvalue weighted by atomic mass is 32.2. The van der Waals surface area contributed by atoms with Crippen LogP contribution < -0.4 is 0 Å². The number of nitrogens with zero attached hydrogens (tertiary/aromatic N) is 4. The van der Waals surface area contributed by atoms with Crippen LogP contribution >= 0.6 is 11.8 Å². The van der Waals surface area contributed by atoms with E-state index in [0.717, 1.165) is 21.2 Å². The number of nitro benzene ring substituents is 1. The molecule has 0 aliphatic heterocycles. The molecule has 0 aliphatic rings. The van der Waals surface area contributed by atoms with Crippen LogP contribution in [-0.4, -0.2) is 30.5 Å². The lowest BCUT2D eigenvalue weighted by Gasteiger charge is -2.13. The molecule has 2 heterocycles. The minimum atomic E-state index is -0.884. The molecule has 0 amide bonds. The number of carboxylic acids is 1. The molecule has 0 bridgehead atoms. The standard InChI is InChI=1S/C21H22N4O4S/c1-14(2)20-21(30-17-7-3-6-16(11-17)25(28)29)24(13-15-5-4-10-22-12-15)18(23-20)8-9-19(26)27/h3-7,10-12,14H,8-9,13H2,1-2H3,(H,26,27). The molecule has 0 aliphatic carbocycles. The van der Waals surface area contributed by atoms with Gasteiger partial charge in [-0.25, -0.2) is 4.98 Å². The molecule has 1 N–H and O–H groups in total. The third-order valence-electron chi connectivity index (χ3n) is 4.44. The summed E-state index contributed by atoms with van der Waals surface area (Å²) < 4.78 is 2.00. The van der Waals surface area contributed by atoms with Crippen LogP contribution in [0, 0.1) is 10.1 Å². The highest BCUT2D eigenvalue weighted by molar-refractivity contribution is 7.99. The van der Waals surface area contributed by atoms with Gasteiger partial charge in [0.2, 0.25) is 0 Å². The second-order valence-electron chi connectivity index (χ2n) is 7.07. The molecule has 2 aromatic heterocycles. The van der Waals surface area contributed by atoms with E-state index in [9.17, 15) is 14.9 Å². The zero-order chi connectivity index (χ0) is 21.7. The average molecular weight is 426 g/mol. The first-order valence-corrected chi connectivity index (χ1v) is 10.3. The van der Waals surface area contributed by atoms with Gasteiger partial charge in [0.25, 0.3) is 5.69 Å². The van der Waals surface area contributed by atoms with Crippen molar-refractivity contribution in [2.75, 3.05) is 0 Å². The van der Waals surface area contributed by atoms with Gasteiger partial charge in [-0.1, -0.05) is 37.7 Å². The first-order valence-electron chi connectivity index (χ1n) is 9.47. The number of nitro groups is 1. The smallest absolute Gasteiger partial charge is 0.303 e. The molecule has 0 spiro atoms. The van der Waals surface area contributed by atoms with Crippen LogP contribution in [-0.2, 0) is 17.8 Å². The highest BCUT2D eigenvalue weighted by Crippen LogP contribution is 2.36. The van der Waals surface area contributed by atoms with E-state index < -0.39 is 10.9 Å². The molecule has 0 fully saturated rings. The Labute approximate surface area is 178 Å². The summed E-state index contributed by atoms with van der Waals surface area (Å²) in [6.07, 6.45) is 3.73. The Morgan fingerprint density at radius 1 is 1.30 bits per heavy atom. The summed E-state index contributed by atoms with van der Waals surface area (Å²) in [4.78, 5) is 31.5. The molecule has 0 unspecified atom stereocenters. The van der Waals surface area contributed by atoms with E-state index in [-0.39, 0.29) is 18.0 Å². The van der Waals surface area contributed by atoms with E-state index in [1.54, 1.807) is 18.5 Å².